The molecule has 0 spiro atoms. The minimum absolute atomic E-state index is 0.540. The zero-order valence-electron chi connectivity index (χ0n) is 17.0. The van der Waals surface area contributed by atoms with Crippen LogP contribution in [-0.4, -0.2) is 29.7 Å². The molecule has 7 heteroatoms. The third-order valence-electron chi connectivity index (χ3n) is 5.02. The standard InChI is InChI=1S/C23H22N6O/c1-14-7-10-16(11-8-14)24-22-27-20-6-4-5-19(29(20)28-22)15-9-12-17-18(13-15)26-21(25-17)23(2,3)30/h4-13,30H,1-3H3,(H,24,28)(H,25,26). The van der Waals surface area contributed by atoms with E-state index in [1.165, 1.54) is 5.56 Å². The van der Waals surface area contributed by atoms with Gasteiger partial charge in [0.05, 0.1) is 16.7 Å². The van der Waals surface area contributed by atoms with Crippen LogP contribution in [0.25, 0.3) is 27.9 Å². The molecule has 0 aliphatic rings. The highest BCUT2D eigenvalue weighted by Gasteiger charge is 2.20. The average molecular weight is 398 g/mol. The third kappa shape index (κ3) is 3.29. The van der Waals surface area contributed by atoms with Crippen LogP contribution in [0.2, 0.25) is 0 Å². The Hall–Kier alpha value is -3.71. The van der Waals surface area contributed by atoms with Crippen LogP contribution >= 0.6 is 0 Å². The minimum Gasteiger partial charge on any atom is -0.383 e. The van der Waals surface area contributed by atoms with Crippen molar-refractivity contribution in [2.45, 2.75) is 26.4 Å². The van der Waals surface area contributed by atoms with E-state index in [9.17, 15) is 5.11 Å². The largest absolute Gasteiger partial charge is 0.383 e. The lowest BCUT2D eigenvalue weighted by molar-refractivity contribution is 0.0700. The smallest absolute Gasteiger partial charge is 0.247 e. The van der Waals surface area contributed by atoms with Crippen molar-refractivity contribution in [2.24, 2.45) is 0 Å². The number of hydrogen-bond donors (Lipinski definition) is 3. The van der Waals surface area contributed by atoms with Crippen LogP contribution in [0.1, 0.15) is 25.2 Å². The van der Waals surface area contributed by atoms with Gasteiger partial charge >= 0.3 is 0 Å². The maximum atomic E-state index is 10.2. The maximum absolute atomic E-state index is 10.2. The van der Waals surface area contributed by atoms with Gasteiger partial charge in [-0.15, -0.1) is 5.10 Å². The number of imidazole rings is 1. The van der Waals surface area contributed by atoms with Crippen molar-refractivity contribution in [2.75, 3.05) is 5.32 Å². The highest BCUT2D eigenvalue weighted by Crippen LogP contribution is 2.27. The molecule has 0 saturated heterocycles. The Morgan fingerprint density at radius 3 is 2.57 bits per heavy atom. The summed E-state index contributed by atoms with van der Waals surface area (Å²) in [6, 6.07) is 20.0. The molecule has 3 aromatic heterocycles. The van der Waals surface area contributed by atoms with Crippen molar-refractivity contribution in [3.63, 3.8) is 0 Å². The van der Waals surface area contributed by atoms with Crippen molar-refractivity contribution >= 4 is 28.3 Å². The van der Waals surface area contributed by atoms with Crippen LogP contribution in [0.15, 0.2) is 60.7 Å². The molecule has 0 aliphatic heterocycles. The predicted molar refractivity (Wildman–Crippen MR) is 118 cm³/mol. The molecule has 7 nitrogen and oxygen atoms in total. The second kappa shape index (κ2) is 6.67. The van der Waals surface area contributed by atoms with Gasteiger partial charge < -0.3 is 15.4 Å². The Morgan fingerprint density at radius 2 is 1.80 bits per heavy atom. The number of nitrogens with one attached hydrogen (secondary N) is 2. The fraction of sp³-hybridized carbons (Fsp3) is 0.174. The van der Waals surface area contributed by atoms with Gasteiger partial charge in [0.2, 0.25) is 5.95 Å². The molecule has 5 rings (SSSR count). The zero-order chi connectivity index (χ0) is 20.9. The number of aliphatic hydroxyl groups is 1. The van der Waals surface area contributed by atoms with E-state index in [-0.39, 0.29) is 0 Å². The lowest BCUT2D eigenvalue weighted by Gasteiger charge is -2.12. The lowest BCUT2D eigenvalue weighted by atomic mass is 10.1. The van der Waals surface area contributed by atoms with Gasteiger partial charge in [0.25, 0.3) is 0 Å². The van der Waals surface area contributed by atoms with Gasteiger partial charge in [-0.25, -0.2) is 9.50 Å². The Morgan fingerprint density at radius 1 is 1.00 bits per heavy atom. The Labute approximate surface area is 173 Å². The SMILES string of the molecule is Cc1ccc(Nc2nc3cccc(-c4ccc5nc(C(C)(C)O)[nH]c5c4)n3n2)cc1. The van der Waals surface area contributed by atoms with Crippen LogP contribution in [0, 0.1) is 6.92 Å². The van der Waals surface area contributed by atoms with Gasteiger partial charge in [0, 0.05) is 11.3 Å². The number of H-pyrrole nitrogens is 1. The summed E-state index contributed by atoms with van der Waals surface area (Å²) in [4.78, 5) is 12.3. The van der Waals surface area contributed by atoms with Crippen LogP contribution < -0.4 is 5.32 Å². The topological polar surface area (TPSA) is 91.1 Å². The van der Waals surface area contributed by atoms with E-state index in [0.717, 1.165) is 33.6 Å². The number of rotatable bonds is 4. The van der Waals surface area contributed by atoms with Crippen LogP contribution in [-0.2, 0) is 5.60 Å². The van der Waals surface area contributed by atoms with E-state index in [1.807, 2.05) is 65.2 Å². The quantitative estimate of drug-likeness (QED) is 0.413. The monoisotopic (exact) mass is 398 g/mol. The first kappa shape index (κ1) is 18.3. The Kier molecular flexibility index (Phi) is 4.08. The molecule has 0 amide bonds. The van der Waals surface area contributed by atoms with Crippen LogP contribution in [0.5, 0.6) is 0 Å². The maximum Gasteiger partial charge on any atom is 0.247 e. The molecule has 0 fully saturated rings. The molecular formula is C23H22N6O. The number of aryl methyl sites for hydroxylation is 1. The first-order valence-corrected chi connectivity index (χ1v) is 9.79. The number of benzene rings is 2. The van der Waals surface area contributed by atoms with Gasteiger partial charge in [0.1, 0.15) is 11.4 Å². The van der Waals surface area contributed by atoms with E-state index in [2.05, 4.69) is 32.3 Å². The normalized spacial score (nSPS) is 12.0. The lowest BCUT2D eigenvalue weighted by Crippen LogP contribution is -2.17. The number of fused-ring (bicyclic) bond motifs is 2. The summed E-state index contributed by atoms with van der Waals surface area (Å²) in [5, 5.41) is 18.2. The summed E-state index contributed by atoms with van der Waals surface area (Å²) in [6.07, 6.45) is 0. The number of aromatic nitrogens is 5. The molecule has 0 bridgehead atoms. The van der Waals surface area contributed by atoms with Gasteiger partial charge in [-0.3, -0.25) is 0 Å². The molecular weight excluding hydrogens is 376 g/mol. The molecule has 0 radical (unpaired) electrons. The number of nitrogens with zero attached hydrogens (tertiary/aromatic N) is 4. The fourth-order valence-corrected chi connectivity index (χ4v) is 3.40. The van der Waals surface area contributed by atoms with E-state index in [1.54, 1.807) is 13.8 Å². The summed E-state index contributed by atoms with van der Waals surface area (Å²) >= 11 is 0. The van der Waals surface area contributed by atoms with Crippen molar-refractivity contribution in [3.8, 4) is 11.3 Å². The van der Waals surface area contributed by atoms with Crippen molar-refractivity contribution in [1.82, 2.24) is 24.6 Å². The predicted octanol–water partition coefficient (Wildman–Crippen LogP) is 4.55. The molecule has 5 aromatic rings. The highest BCUT2D eigenvalue weighted by molar-refractivity contribution is 5.81. The van der Waals surface area contributed by atoms with E-state index < -0.39 is 5.60 Å². The minimum atomic E-state index is -1.03. The molecule has 3 heterocycles. The first-order valence-electron chi connectivity index (χ1n) is 9.79. The molecule has 0 unspecified atom stereocenters. The Balaban J connectivity index is 1.55. The molecule has 2 aromatic carbocycles. The highest BCUT2D eigenvalue weighted by atomic mass is 16.3. The molecule has 0 atom stereocenters. The number of anilines is 2. The average Bonchev–Trinajstić information content (AvgIpc) is 3.32. The summed E-state index contributed by atoms with van der Waals surface area (Å²) in [7, 11) is 0. The first-order chi connectivity index (χ1) is 14.4. The second-order valence-electron chi connectivity index (χ2n) is 7.98. The molecule has 0 saturated carbocycles. The van der Waals surface area contributed by atoms with Crippen LogP contribution in [0.3, 0.4) is 0 Å². The van der Waals surface area contributed by atoms with Crippen molar-refractivity contribution in [1.29, 1.82) is 0 Å². The van der Waals surface area contributed by atoms with Crippen molar-refractivity contribution in [3.05, 3.63) is 72.1 Å². The fourth-order valence-electron chi connectivity index (χ4n) is 3.40. The Bertz CT molecular complexity index is 1360. The zero-order valence-corrected chi connectivity index (χ0v) is 17.0. The number of pyridine rings is 1. The summed E-state index contributed by atoms with van der Waals surface area (Å²) in [5.74, 6) is 1.08. The van der Waals surface area contributed by atoms with Gasteiger partial charge in [-0.1, -0.05) is 29.8 Å². The summed E-state index contributed by atoms with van der Waals surface area (Å²) in [5.41, 5.74) is 5.43. The number of hydrogen-bond acceptors (Lipinski definition) is 5. The van der Waals surface area contributed by atoms with Crippen molar-refractivity contribution < 1.29 is 5.11 Å². The molecule has 30 heavy (non-hydrogen) atoms. The molecule has 3 N–H and O–H groups in total. The van der Waals surface area contributed by atoms with E-state index in [4.69, 9.17) is 0 Å². The van der Waals surface area contributed by atoms with E-state index >= 15 is 0 Å². The van der Waals surface area contributed by atoms with Gasteiger partial charge in [0.15, 0.2) is 5.65 Å². The van der Waals surface area contributed by atoms with E-state index in [0.29, 0.717) is 11.8 Å². The third-order valence-corrected chi connectivity index (χ3v) is 5.02. The number of aromatic amines is 1. The van der Waals surface area contributed by atoms with Crippen LogP contribution in [0.4, 0.5) is 11.6 Å². The molecule has 150 valence electrons. The van der Waals surface area contributed by atoms with Gasteiger partial charge in [-0.2, -0.15) is 4.98 Å². The summed E-state index contributed by atoms with van der Waals surface area (Å²) < 4.78 is 1.82. The van der Waals surface area contributed by atoms with Gasteiger partial charge in [-0.05, 0) is 57.2 Å². The molecule has 0 aliphatic carbocycles. The second-order valence-corrected chi connectivity index (χ2v) is 7.98. The summed E-state index contributed by atoms with van der Waals surface area (Å²) in [6.45, 7) is 5.48.